The lowest BCUT2D eigenvalue weighted by Gasteiger charge is -2.09. The molecule has 0 atom stereocenters. The van der Waals surface area contributed by atoms with Crippen molar-refractivity contribution in [1.82, 2.24) is 29.4 Å². The normalized spacial score (nSPS) is 14.5. The molecule has 0 spiro atoms. The molecule has 2 aliphatic rings. The highest BCUT2D eigenvalue weighted by Crippen LogP contribution is 2.37. The molecule has 0 bridgehead atoms. The first-order chi connectivity index (χ1) is 21.4. The summed E-state index contributed by atoms with van der Waals surface area (Å²) in [5.74, 6) is -0.151. The lowest BCUT2D eigenvalue weighted by atomic mass is 10.1. The zero-order chi connectivity index (χ0) is 30.4. The maximum atomic E-state index is 13.1. The van der Waals surface area contributed by atoms with E-state index in [1.54, 1.807) is 10.8 Å². The van der Waals surface area contributed by atoms with Gasteiger partial charge in [-0.25, -0.2) is 19.6 Å². The van der Waals surface area contributed by atoms with Gasteiger partial charge in [0.15, 0.2) is 5.65 Å². The summed E-state index contributed by atoms with van der Waals surface area (Å²) in [5, 5.41) is 15.1. The molecule has 2 aromatic carbocycles. The van der Waals surface area contributed by atoms with Gasteiger partial charge in [-0.2, -0.15) is 0 Å². The van der Waals surface area contributed by atoms with Crippen LogP contribution in [0.1, 0.15) is 69.6 Å². The van der Waals surface area contributed by atoms with Crippen molar-refractivity contribution in [3.8, 4) is 11.4 Å². The number of nitrogens with zero attached hydrogens (tertiary/aromatic N) is 4. The van der Waals surface area contributed by atoms with Crippen LogP contribution < -0.4 is 21.9 Å². The third-order valence-corrected chi connectivity index (χ3v) is 7.96. The fraction of sp³-hybridized carbons (Fsp3) is 0.250. The van der Waals surface area contributed by atoms with Gasteiger partial charge in [0.25, 0.3) is 11.5 Å². The summed E-state index contributed by atoms with van der Waals surface area (Å²) < 4.78 is 3.07. The van der Waals surface area contributed by atoms with Crippen molar-refractivity contribution < 1.29 is 14.7 Å². The fourth-order valence-electron chi connectivity index (χ4n) is 5.21. The van der Waals surface area contributed by atoms with E-state index in [0.29, 0.717) is 47.0 Å². The van der Waals surface area contributed by atoms with Crippen molar-refractivity contribution in [1.29, 1.82) is 0 Å². The van der Waals surface area contributed by atoms with Crippen molar-refractivity contribution >= 4 is 28.9 Å². The van der Waals surface area contributed by atoms with Crippen molar-refractivity contribution in [3.05, 3.63) is 110 Å². The van der Waals surface area contributed by atoms with Gasteiger partial charge in [0, 0.05) is 42.5 Å². The Bertz CT molecular complexity index is 2000. The number of H-pyrrole nitrogens is 1. The number of pyridine rings is 1. The molecule has 3 heterocycles. The molecule has 1 amide bonds. The topological polar surface area (TPSA) is 164 Å². The molecule has 0 unspecified atom stereocenters. The zero-order valence-corrected chi connectivity index (χ0v) is 23.6. The third kappa shape index (κ3) is 5.37. The van der Waals surface area contributed by atoms with E-state index < -0.39 is 5.97 Å². The molecular weight excluding hydrogens is 562 g/mol. The molecule has 4 N–H and O–H groups in total. The third-order valence-electron chi connectivity index (χ3n) is 7.96. The molecule has 3 aromatic heterocycles. The Morgan fingerprint density at radius 3 is 2.09 bits per heavy atom. The Labute approximate surface area is 250 Å². The molecule has 0 saturated heterocycles. The number of carboxylic acid groups (broad SMARTS) is 1. The summed E-state index contributed by atoms with van der Waals surface area (Å²) in [6.45, 7) is 0.872. The molecule has 7 rings (SSSR count). The molecule has 0 aliphatic heterocycles. The van der Waals surface area contributed by atoms with Crippen molar-refractivity contribution in [2.45, 2.75) is 50.9 Å². The first kappa shape index (κ1) is 27.3. The number of carbonyl (C=O) groups is 2. The first-order valence-electron chi connectivity index (χ1n) is 14.5. The van der Waals surface area contributed by atoms with Gasteiger partial charge >= 0.3 is 11.7 Å². The summed E-state index contributed by atoms with van der Waals surface area (Å²) in [7, 11) is 0. The second-order valence-electron chi connectivity index (χ2n) is 11.2. The molecule has 12 heteroatoms. The second-order valence-corrected chi connectivity index (χ2v) is 11.2. The lowest BCUT2D eigenvalue weighted by molar-refractivity contribution is 0.0696. The van der Waals surface area contributed by atoms with Gasteiger partial charge in [-0.15, -0.1) is 0 Å². The minimum absolute atomic E-state index is 0.0166. The number of aromatic carboxylic acids is 1. The Balaban J connectivity index is 0.980. The number of hydrogen-bond acceptors (Lipinski definition) is 7. The first-order valence-corrected chi connectivity index (χ1v) is 14.5. The van der Waals surface area contributed by atoms with Crippen molar-refractivity contribution in [3.63, 3.8) is 0 Å². The van der Waals surface area contributed by atoms with Gasteiger partial charge < -0.3 is 20.7 Å². The molecule has 2 fully saturated rings. The standard InChI is InChI=1S/C32H29N7O5/c40-29(20-5-7-21(8-6-20)31(42)43)35-16-19-3-1-18(2-4-19)15-33-25-14-9-22(17-34-25)27-36-26-28(37-27)38(23-10-11-23)32(44)39(30(26)41)24-12-13-24/h1-9,14,17,23-24H,10-13,15-16H2,(H,33,34)(H,35,40)(H,36,37)(H,42,43). The number of benzene rings is 2. The average Bonchev–Trinajstić information content (AvgIpc) is 3.98. The maximum absolute atomic E-state index is 13.1. The van der Waals surface area contributed by atoms with E-state index in [4.69, 9.17) is 5.11 Å². The molecular formula is C32H29N7O5. The van der Waals surface area contributed by atoms with Gasteiger partial charge in [-0.3, -0.25) is 18.7 Å². The highest BCUT2D eigenvalue weighted by Gasteiger charge is 2.34. The fourth-order valence-corrected chi connectivity index (χ4v) is 5.21. The van der Waals surface area contributed by atoms with E-state index >= 15 is 0 Å². The van der Waals surface area contributed by atoms with Crippen LogP contribution in [0.4, 0.5) is 5.82 Å². The monoisotopic (exact) mass is 591 g/mol. The van der Waals surface area contributed by atoms with Crippen LogP contribution in [0.25, 0.3) is 22.6 Å². The van der Waals surface area contributed by atoms with Gasteiger partial charge in [-0.1, -0.05) is 24.3 Å². The number of nitrogens with one attached hydrogen (secondary N) is 3. The summed E-state index contributed by atoms with van der Waals surface area (Å²) in [6.07, 6.45) is 5.20. The molecule has 44 heavy (non-hydrogen) atoms. The predicted octanol–water partition coefficient (Wildman–Crippen LogP) is 3.86. The van der Waals surface area contributed by atoms with Gasteiger partial charge in [0.05, 0.1) is 5.56 Å². The minimum Gasteiger partial charge on any atom is -0.478 e. The maximum Gasteiger partial charge on any atom is 0.335 e. The number of anilines is 1. The number of aromatic nitrogens is 5. The van der Waals surface area contributed by atoms with Gasteiger partial charge in [0.1, 0.15) is 17.2 Å². The highest BCUT2D eigenvalue weighted by atomic mass is 16.4. The van der Waals surface area contributed by atoms with Gasteiger partial charge in [0.2, 0.25) is 0 Å². The van der Waals surface area contributed by atoms with Crippen molar-refractivity contribution in [2.75, 3.05) is 5.32 Å². The molecule has 12 nitrogen and oxygen atoms in total. The van der Waals surface area contributed by atoms with Crippen LogP contribution in [0.5, 0.6) is 0 Å². The molecule has 0 radical (unpaired) electrons. The number of rotatable bonds is 10. The Morgan fingerprint density at radius 2 is 1.48 bits per heavy atom. The van der Waals surface area contributed by atoms with Crippen LogP contribution >= 0.6 is 0 Å². The van der Waals surface area contributed by atoms with E-state index in [1.165, 1.54) is 28.8 Å². The smallest absolute Gasteiger partial charge is 0.335 e. The highest BCUT2D eigenvalue weighted by molar-refractivity contribution is 5.95. The summed E-state index contributed by atoms with van der Waals surface area (Å²) in [4.78, 5) is 62.0. The minimum atomic E-state index is -1.04. The van der Waals surface area contributed by atoms with Crippen LogP contribution in [0, 0.1) is 0 Å². The van der Waals surface area contributed by atoms with Crippen LogP contribution in [0.2, 0.25) is 0 Å². The molecule has 2 aliphatic carbocycles. The Hall–Kier alpha value is -5.52. The van der Waals surface area contributed by atoms with E-state index in [-0.39, 0.29) is 34.8 Å². The second kappa shape index (κ2) is 11.0. The van der Waals surface area contributed by atoms with Gasteiger partial charge in [-0.05, 0) is 73.2 Å². The summed E-state index contributed by atoms with van der Waals surface area (Å²) >= 11 is 0. The number of fused-ring (bicyclic) bond motifs is 1. The number of aromatic amines is 1. The Kier molecular flexibility index (Phi) is 6.80. The van der Waals surface area contributed by atoms with E-state index in [1.807, 2.05) is 36.4 Å². The Morgan fingerprint density at radius 1 is 0.841 bits per heavy atom. The van der Waals surface area contributed by atoms with E-state index in [9.17, 15) is 19.2 Å². The molecule has 222 valence electrons. The molecule has 5 aromatic rings. The lowest BCUT2D eigenvalue weighted by Crippen LogP contribution is -2.39. The number of carbonyl (C=O) groups excluding carboxylic acids is 1. The molecule has 2 saturated carbocycles. The predicted molar refractivity (Wildman–Crippen MR) is 163 cm³/mol. The van der Waals surface area contributed by atoms with Crippen LogP contribution in [-0.4, -0.2) is 41.1 Å². The summed E-state index contributed by atoms with van der Waals surface area (Å²) in [5.41, 5.74) is 3.39. The largest absolute Gasteiger partial charge is 0.478 e. The number of amides is 1. The van der Waals surface area contributed by atoms with Crippen LogP contribution in [-0.2, 0) is 13.1 Å². The summed E-state index contributed by atoms with van der Waals surface area (Å²) in [6, 6.07) is 17.4. The van der Waals surface area contributed by atoms with Crippen molar-refractivity contribution in [2.24, 2.45) is 0 Å². The van der Waals surface area contributed by atoms with Crippen LogP contribution in [0.15, 0.2) is 76.4 Å². The SMILES string of the molecule is O=C(O)c1ccc(C(=O)NCc2ccc(CNc3ccc(-c4nc5c([nH]4)c(=O)n(C4CC4)c(=O)n5C4CC4)cn3)cc2)cc1. The number of carboxylic acids is 1. The number of imidazole rings is 1. The average molecular weight is 592 g/mol. The zero-order valence-electron chi connectivity index (χ0n) is 23.6. The van der Waals surface area contributed by atoms with Crippen LogP contribution in [0.3, 0.4) is 0 Å². The quantitative estimate of drug-likeness (QED) is 0.190. The van der Waals surface area contributed by atoms with E-state index in [2.05, 4.69) is 25.6 Å². The number of hydrogen-bond donors (Lipinski definition) is 4. The van der Waals surface area contributed by atoms with E-state index in [0.717, 1.165) is 36.8 Å².